The van der Waals surface area contributed by atoms with E-state index < -0.39 is 164 Å². The van der Waals surface area contributed by atoms with E-state index in [2.05, 4.69) is 34.8 Å². The molecule has 4 aliphatic heterocycles. The maximum atomic E-state index is 14.5. The van der Waals surface area contributed by atoms with Gasteiger partial charge in [-0.3, -0.25) is 43.3 Å². The number of carbonyl (C=O) groups excluding carboxylic acids is 9. The number of hydrogen-bond donors (Lipinski definition) is 14. The average Bonchev–Trinajstić information content (AvgIpc) is 4.40. The molecule has 8 amide bonds. The Labute approximate surface area is 474 Å². The molecule has 0 radical (unpaired) electrons. The van der Waals surface area contributed by atoms with E-state index in [0.29, 0.717) is 23.7 Å². The van der Waals surface area contributed by atoms with E-state index in [-0.39, 0.29) is 77.0 Å². The highest BCUT2D eigenvalue weighted by atomic mass is 16.5. The highest BCUT2D eigenvalue weighted by Gasteiger charge is 2.48. The predicted octanol–water partition coefficient (Wildman–Crippen LogP) is -4.46. The molecule has 30 heteroatoms. The van der Waals surface area contributed by atoms with Gasteiger partial charge >= 0.3 is 17.9 Å². The molecule has 462 valence electrons. The number of hydrogen-bond acceptors (Lipinski definition) is 18. The molecule has 0 saturated carbocycles. The molecule has 30 nitrogen and oxygen atoms in total. The van der Waals surface area contributed by atoms with Crippen LogP contribution in [0.15, 0.2) is 4.99 Å². The minimum absolute atomic E-state index is 0.00881. The molecule has 13 unspecified atom stereocenters. The second kappa shape index (κ2) is 32.8. The Kier molecular flexibility index (Phi) is 27.1. The van der Waals surface area contributed by atoms with E-state index >= 15 is 0 Å². The first-order valence-corrected chi connectivity index (χ1v) is 28.3. The summed E-state index contributed by atoms with van der Waals surface area (Å²) in [5, 5.41) is 84.9. The van der Waals surface area contributed by atoms with Gasteiger partial charge in [-0.15, -0.1) is 0 Å². The molecule has 4 aliphatic rings. The quantitative estimate of drug-likeness (QED) is 0.0223. The number of esters is 1. The standard InChI is InChI=1S/C52H85N11O19/c1-27(2)15-10-8-6-4-5-7-9-11-16-29-25-35(67)58-36(28(3)65)48(76)62-23-14-19-33(62)47(75)61-22-13-18-32(61)43(71)56-30(17-12-21-55-52(53)54)42(70)59-37(40(68)49(77)78)44(72)57-31(26-64)46(74)63-24-20-34(66)39(63)45(73)60-38(51(81)82-29)41(69)50(79)80/h27-34,36-41,64-66,68-69H,4-26H2,1-3H3,(H,56,71)(H,57,72)(H,58,67)(H,59,70)(H,60,73)(H,77,78)(H,79,80)(H4,53,54,55). The van der Waals surface area contributed by atoms with Crippen LogP contribution in [0.4, 0.5) is 0 Å². The van der Waals surface area contributed by atoms with Crippen molar-refractivity contribution in [2.45, 2.75) is 215 Å². The summed E-state index contributed by atoms with van der Waals surface area (Å²) in [6.07, 6.45) is -3.13. The van der Waals surface area contributed by atoms with Gasteiger partial charge in [-0.05, 0) is 70.6 Å². The smallest absolute Gasteiger partial charge is 0.335 e. The zero-order valence-corrected chi connectivity index (χ0v) is 46.8. The van der Waals surface area contributed by atoms with Crippen molar-refractivity contribution >= 4 is 71.1 Å². The van der Waals surface area contributed by atoms with Gasteiger partial charge in [-0.2, -0.15) is 0 Å². The number of carboxylic acid groups (broad SMARTS) is 2. The van der Waals surface area contributed by atoms with E-state index in [1.54, 1.807) is 0 Å². The fraction of sp³-hybridized carbons (Fsp3) is 0.769. The highest BCUT2D eigenvalue weighted by molar-refractivity contribution is 6.00. The summed E-state index contributed by atoms with van der Waals surface area (Å²) in [6.45, 7) is 3.64. The second-order valence-corrected chi connectivity index (χ2v) is 21.9. The Morgan fingerprint density at radius 3 is 1.76 bits per heavy atom. The van der Waals surface area contributed by atoms with Crippen molar-refractivity contribution < 1.29 is 93.2 Å². The number of carboxylic acids is 2. The molecule has 16 N–H and O–H groups in total. The van der Waals surface area contributed by atoms with Crippen LogP contribution in [0, 0.1) is 5.92 Å². The molecule has 13 atom stereocenters. The first-order valence-electron chi connectivity index (χ1n) is 28.3. The molecule has 82 heavy (non-hydrogen) atoms. The van der Waals surface area contributed by atoms with Gasteiger partial charge in [0.15, 0.2) is 24.2 Å². The number of amides is 8. The van der Waals surface area contributed by atoms with Gasteiger partial charge in [-0.1, -0.05) is 65.2 Å². The molecule has 0 aromatic rings. The molecule has 0 aromatic carbocycles. The number of guanidine groups is 1. The number of unbranched alkanes of at least 4 members (excludes halogenated alkanes) is 7. The number of carbonyl (C=O) groups is 11. The highest BCUT2D eigenvalue weighted by Crippen LogP contribution is 2.27. The fourth-order valence-corrected chi connectivity index (χ4v) is 10.6. The lowest BCUT2D eigenvalue weighted by atomic mass is 10.0. The van der Waals surface area contributed by atoms with E-state index in [0.717, 1.165) is 49.8 Å². The van der Waals surface area contributed by atoms with Crippen molar-refractivity contribution in [3.05, 3.63) is 0 Å². The molecular formula is C52H85N11O19. The lowest BCUT2D eigenvalue weighted by Crippen LogP contribution is -2.64. The van der Waals surface area contributed by atoms with Crippen LogP contribution >= 0.6 is 0 Å². The number of aliphatic carboxylic acids is 2. The third kappa shape index (κ3) is 19.4. The molecule has 0 spiro atoms. The van der Waals surface area contributed by atoms with Gasteiger partial charge in [-0.25, -0.2) is 14.4 Å². The van der Waals surface area contributed by atoms with Crippen molar-refractivity contribution in [1.29, 1.82) is 0 Å². The average molecular weight is 1170 g/mol. The number of fused-ring (bicyclic) bond motifs is 3. The predicted molar refractivity (Wildman–Crippen MR) is 287 cm³/mol. The maximum Gasteiger partial charge on any atom is 0.335 e. The minimum atomic E-state index is -2.76. The Balaban J connectivity index is 1.76. The zero-order valence-electron chi connectivity index (χ0n) is 46.8. The largest absolute Gasteiger partial charge is 0.479 e. The van der Waals surface area contributed by atoms with Crippen LogP contribution in [0.3, 0.4) is 0 Å². The van der Waals surface area contributed by atoms with Crippen molar-refractivity contribution in [1.82, 2.24) is 41.3 Å². The number of aliphatic hydroxyl groups is 5. The van der Waals surface area contributed by atoms with Crippen molar-refractivity contribution in [2.75, 3.05) is 32.8 Å². The van der Waals surface area contributed by atoms with E-state index in [9.17, 15) is 88.5 Å². The van der Waals surface area contributed by atoms with Crippen LogP contribution in [0.5, 0.6) is 0 Å². The molecule has 0 bridgehead atoms. The molecular weight excluding hydrogens is 1080 g/mol. The topological polar surface area (TPSA) is 473 Å². The Morgan fingerprint density at radius 2 is 1.17 bits per heavy atom. The summed E-state index contributed by atoms with van der Waals surface area (Å²) in [5.74, 6) is -14.5. The van der Waals surface area contributed by atoms with E-state index in [1.165, 1.54) is 11.8 Å². The lowest BCUT2D eigenvalue weighted by Gasteiger charge is -2.34. The molecule has 4 heterocycles. The summed E-state index contributed by atoms with van der Waals surface area (Å²) in [5.41, 5.74) is 10.9. The van der Waals surface area contributed by atoms with E-state index in [4.69, 9.17) is 16.2 Å². The fourth-order valence-electron chi connectivity index (χ4n) is 10.6. The van der Waals surface area contributed by atoms with Gasteiger partial charge in [0.25, 0.3) is 0 Å². The van der Waals surface area contributed by atoms with Crippen LogP contribution in [-0.4, -0.2) is 233 Å². The minimum Gasteiger partial charge on any atom is -0.479 e. The summed E-state index contributed by atoms with van der Waals surface area (Å²) in [7, 11) is 0. The first-order chi connectivity index (χ1) is 38.8. The molecule has 0 aromatic heterocycles. The lowest BCUT2D eigenvalue weighted by molar-refractivity contribution is -0.165. The van der Waals surface area contributed by atoms with Gasteiger partial charge in [0.2, 0.25) is 47.3 Å². The number of rotatable bonds is 21. The van der Waals surface area contributed by atoms with Gasteiger partial charge < -0.3 is 93.2 Å². The summed E-state index contributed by atoms with van der Waals surface area (Å²) in [4.78, 5) is 159. The van der Waals surface area contributed by atoms with Crippen molar-refractivity contribution in [3.63, 3.8) is 0 Å². The number of nitrogens with zero attached hydrogens (tertiary/aromatic N) is 4. The van der Waals surface area contributed by atoms with Gasteiger partial charge in [0, 0.05) is 26.2 Å². The van der Waals surface area contributed by atoms with Gasteiger partial charge in [0.1, 0.15) is 48.4 Å². The normalized spacial score (nSPS) is 28.0. The Bertz CT molecular complexity index is 2290. The SMILES string of the molecule is CC(C)CCCCCCCCCCC1CC(=O)NC(C(C)O)C(=O)N2CCCC2C(=O)N2CCCC2C(=O)NC(CCCN=C(N)N)C(=O)NC(C(O)C(=O)O)C(=O)NC(CO)C(=O)N2CCC(O)C2C(=O)NC(C(O)C(=O)O)C(=O)O1. The number of aliphatic hydroxyl groups excluding tert-OH is 5. The van der Waals surface area contributed by atoms with Crippen molar-refractivity contribution in [3.8, 4) is 0 Å². The Hall–Kier alpha value is -6.76. The monoisotopic (exact) mass is 1170 g/mol. The number of cyclic esters (lactones) is 1. The van der Waals surface area contributed by atoms with Crippen LogP contribution in [0.1, 0.15) is 136 Å². The number of aliphatic imine (C=N–C) groups is 1. The van der Waals surface area contributed by atoms with E-state index in [1.807, 2.05) is 10.6 Å². The first kappa shape index (κ1) is 67.7. The summed E-state index contributed by atoms with van der Waals surface area (Å²) in [6, 6.07) is -14.9. The van der Waals surface area contributed by atoms with Crippen LogP contribution < -0.4 is 38.1 Å². The Morgan fingerprint density at radius 1 is 0.610 bits per heavy atom. The maximum absolute atomic E-state index is 14.5. The van der Waals surface area contributed by atoms with Crippen LogP contribution in [0.25, 0.3) is 0 Å². The third-order valence-corrected chi connectivity index (χ3v) is 15.0. The van der Waals surface area contributed by atoms with Crippen LogP contribution in [0.2, 0.25) is 0 Å². The number of ether oxygens (including phenoxy) is 1. The summed E-state index contributed by atoms with van der Waals surface area (Å²) < 4.78 is 5.67. The van der Waals surface area contributed by atoms with Crippen LogP contribution in [-0.2, 0) is 57.5 Å². The summed E-state index contributed by atoms with van der Waals surface area (Å²) >= 11 is 0. The number of nitrogens with one attached hydrogen (secondary N) is 5. The molecule has 4 rings (SSSR count). The molecule has 4 fully saturated rings. The second-order valence-electron chi connectivity index (χ2n) is 21.9. The zero-order chi connectivity index (χ0) is 61.0. The van der Waals surface area contributed by atoms with Crippen molar-refractivity contribution in [2.24, 2.45) is 22.4 Å². The molecule has 4 saturated heterocycles. The number of nitrogens with two attached hydrogens (primary N) is 2. The third-order valence-electron chi connectivity index (χ3n) is 15.0. The van der Waals surface area contributed by atoms with Gasteiger partial charge in [0.05, 0.1) is 25.2 Å². The molecule has 0 aliphatic carbocycles.